The zero-order valence-electron chi connectivity index (χ0n) is 15.4. The van der Waals surface area contributed by atoms with Crippen LogP contribution in [0.2, 0.25) is 5.02 Å². The minimum atomic E-state index is -0.160. The average Bonchev–Trinajstić information content (AvgIpc) is 3.11. The van der Waals surface area contributed by atoms with E-state index in [-0.39, 0.29) is 24.3 Å². The van der Waals surface area contributed by atoms with Gasteiger partial charge in [-0.2, -0.15) is 0 Å². The van der Waals surface area contributed by atoms with Crippen molar-refractivity contribution in [1.29, 1.82) is 0 Å². The molecule has 0 bridgehead atoms. The molecule has 0 unspecified atom stereocenters. The molecule has 3 rings (SSSR count). The lowest BCUT2D eigenvalue weighted by Crippen LogP contribution is -2.50. The molecule has 27 heavy (non-hydrogen) atoms. The Kier molecular flexibility index (Phi) is 6.13. The van der Waals surface area contributed by atoms with E-state index in [1.807, 2.05) is 18.7 Å². The first-order chi connectivity index (χ1) is 12.9. The highest BCUT2D eigenvalue weighted by Crippen LogP contribution is 2.19. The summed E-state index contributed by atoms with van der Waals surface area (Å²) in [5.41, 5.74) is 1.31. The maximum Gasteiger partial charge on any atom is 0.255 e. The number of benzene rings is 1. The number of piperazine rings is 1. The molecular formula is C19H23ClN4O3. The number of aromatic nitrogens is 1. The zero-order valence-corrected chi connectivity index (χ0v) is 16.2. The van der Waals surface area contributed by atoms with Crippen molar-refractivity contribution >= 4 is 29.3 Å². The van der Waals surface area contributed by atoms with Crippen molar-refractivity contribution in [2.75, 3.05) is 38.0 Å². The SMILES string of the molecule is CC(C)c1cc(NC(=O)CN2CCN(C(=O)c3ccccc3Cl)CC2)on1. The van der Waals surface area contributed by atoms with Crippen LogP contribution in [-0.2, 0) is 4.79 Å². The van der Waals surface area contributed by atoms with E-state index in [1.54, 1.807) is 35.2 Å². The number of carbonyl (C=O) groups is 2. The predicted molar refractivity (Wildman–Crippen MR) is 103 cm³/mol. The van der Waals surface area contributed by atoms with Gasteiger partial charge in [0.15, 0.2) is 0 Å². The number of nitrogens with one attached hydrogen (secondary N) is 1. The fourth-order valence-electron chi connectivity index (χ4n) is 2.91. The van der Waals surface area contributed by atoms with Crippen molar-refractivity contribution in [1.82, 2.24) is 15.0 Å². The molecule has 0 radical (unpaired) electrons. The highest BCUT2D eigenvalue weighted by atomic mass is 35.5. The molecule has 1 N–H and O–H groups in total. The molecule has 1 aromatic heterocycles. The molecule has 0 atom stereocenters. The maximum absolute atomic E-state index is 12.6. The summed E-state index contributed by atoms with van der Waals surface area (Å²) in [6.45, 7) is 6.61. The van der Waals surface area contributed by atoms with Crippen LogP contribution >= 0.6 is 11.6 Å². The molecule has 1 aliphatic heterocycles. The Morgan fingerprint density at radius 2 is 1.93 bits per heavy atom. The summed E-state index contributed by atoms with van der Waals surface area (Å²) < 4.78 is 5.13. The summed E-state index contributed by atoms with van der Waals surface area (Å²) in [4.78, 5) is 28.5. The molecule has 144 valence electrons. The van der Waals surface area contributed by atoms with Gasteiger partial charge in [-0.05, 0) is 18.1 Å². The van der Waals surface area contributed by atoms with Gasteiger partial charge in [0, 0.05) is 32.2 Å². The number of anilines is 1. The second-order valence-corrected chi connectivity index (χ2v) is 7.27. The maximum atomic E-state index is 12.6. The molecule has 0 saturated carbocycles. The smallest absolute Gasteiger partial charge is 0.255 e. The Hall–Kier alpha value is -2.38. The minimum absolute atomic E-state index is 0.0763. The summed E-state index contributed by atoms with van der Waals surface area (Å²) in [6, 6.07) is 8.78. The van der Waals surface area contributed by atoms with Gasteiger partial charge in [-0.15, -0.1) is 0 Å². The van der Waals surface area contributed by atoms with E-state index in [0.29, 0.717) is 42.6 Å². The van der Waals surface area contributed by atoms with Crippen LogP contribution in [0.15, 0.2) is 34.9 Å². The number of halogens is 1. The monoisotopic (exact) mass is 390 g/mol. The molecule has 1 saturated heterocycles. The van der Waals surface area contributed by atoms with Gasteiger partial charge in [0.05, 0.1) is 22.8 Å². The Morgan fingerprint density at radius 1 is 1.22 bits per heavy atom. The van der Waals surface area contributed by atoms with Gasteiger partial charge < -0.3 is 9.42 Å². The largest absolute Gasteiger partial charge is 0.338 e. The molecular weight excluding hydrogens is 368 g/mol. The minimum Gasteiger partial charge on any atom is -0.338 e. The highest BCUT2D eigenvalue weighted by molar-refractivity contribution is 6.33. The fourth-order valence-corrected chi connectivity index (χ4v) is 3.13. The lowest BCUT2D eigenvalue weighted by Gasteiger charge is -2.34. The molecule has 2 aromatic rings. The number of nitrogens with zero attached hydrogens (tertiary/aromatic N) is 3. The fraction of sp³-hybridized carbons (Fsp3) is 0.421. The number of carbonyl (C=O) groups excluding carboxylic acids is 2. The van der Waals surface area contributed by atoms with E-state index < -0.39 is 0 Å². The Labute approximate surface area is 163 Å². The predicted octanol–water partition coefficient (Wildman–Crippen LogP) is 2.85. The van der Waals surface area contributed by atoms with Crippen molar-refractivity contribution in [3.63, 3.8) is 0 Å². The lowest BCUT2D eigenvalue weighted by molar-refractivity contribution is -0.117. The third-order valence-corrected chi connectivity index (χ3v) is 4.84. The van der Waals surface area contributed by atoms with Gasteiger partial charge in [0.2, 0.25) is 11.8 Å². The Bertz CT molecular complexity index is 813. The summed E-state index contributed by atoms with van der Waals surface area (Å²) >= 11 is 6.11. The van der Waals surface area contributed by atoms with Crippen molar-refractivity contribution < 1.29 is 14.1 Å². The first-order valence-electron chi connectivity index (χ1n) is 8.96. The van der Waals surface area contributed by atoms with Gasteiger partial charge in [0.25, 0.3) is 5.91 Å². The standard InChI is InChI=1S/C19H23ClN4O3/c1-13(2)16-11-18(27-22-16)21-17(25)12-23-7-9-24(10-8-23)19(26)14-5-3-4-6-15(14)20/h3-6,11,13H,7-10,12H2,1-2H3,(H,21,25). The van der Waals surface area contributed by atoms with E-state index in [1.165, 1.54) is 0 Å². The molecule has 1 aromatic carbocycles. The van der Waals surface area contributed by atoms with Crippen LogP contribution in [-0.4, -0.2) is 59.5 Å². The molecule has 0 spiro atoms. The second kappa shape index (κ2) is 8.54. The van der Waals surface area contributed by atoms with Gasteiger partial charge in [-0.25, -0.2) is 0 Å². The summed E-state index contributed by atoms with van der Waals surface area (Å²) in [5.74, 6) is 0.360. The van der Waals surface area contributed by atoms with E-state index in [4.69, 9.17) is 16.1 Å². The molecule has 2 amide bonds. The number of hydrogen-bond acceptors (Lipinski definition) is 5. The Morgan fingerprint density at radius 3 is 2.56 bits per heavy atom. The Balaban J connectivity index is 1.48. The summed E-state index contributed by atoms with van der Waals surface area (Å²) in [6.07, 6.45) is 0. The van der Waals surface area contributed by atoms with Crippen LogP contribution in [0, 0.1) is 0 Å². The van der Waals surface area contributed by atoms with Crippen molar-refractivity contribution in [3.8, 4) is 0 Å². The average molecular weight is 391 g/mol. The van der Waals surface area contributed by atoms with Crippen LogP contribution < -0.4 is 5.32 Å². The topological polar surface area (TPSA) is 78.7 Å². The number of amides is 2. The number of hydrogen-bond donors (Lipinski definition) is 1. The zero-order chi connectivity index (χ0) is 19.4. The quantitative estimate of drug-likeness (QED) is 0.849. The van der Waals surface area contributed by atoms with E-state index >= 15 is 0 Å². The lowest BCUT2D eigenvalue weighted by atomic mass is 10.1. The van der Waals surface area contributed by atoms with Crippen molar-refractivity contribution in [2.45, 2.75) is 19.8 Å². The first-order valence-corrected chi connectivity index (χ1v) is 9.34. The molecule has 7 nitrogen and oxygen atoms in total. The van der Waals surface area contributed by atoms with Crippen LogP contribution in [0.3, 0.4) is 0 Å². The van der Waals surface area contributed by atoms with Crippen molar-refractivity contribution in [2.24, 2.45) is 0 Å². The second-order valence-electron chi connectivity index (χ2n) is 6.87. The van der Waals surface area contributed by atoms with Crippen LogP contribution in [0.4, 0.5) is 5.88 Å². The van der Waals surface area contributed by atoms with Crippen LogP contribution in [0.25, 0.3) is 0 Å². The first kappa shape index (κ1) is 19.4. The van der Waals surface area contributed by atoms with E-state index in [9.17, 15) is 9.59 Å². The van der Waals surface area contributed by atoms with Crippen molar-refractivity contribution in [3.05, 3.63) is 46.6 Å². The third kappa shape index (κ3) is 4.87. The van der Waals surface area contributed by atoms with E-state index in [2.05, 4.69) is 10.5 Å². The van der Waals surface area contributed by atoms with Gasteiger partial charge >= 0.3 is 0 Å². The van der Waals surface area contributed by atoms with Gasteiger partial charge in [-0.1, -0.05) is 42.7 Å². The van der Waals surface area contributed by atoms with Gasteiger partial charge in [-0.3, -0.25) is 19.8 Å². The van der Waals surface area contributed by atoms with E-state index in [0.717, 1.165) is 5.69 Å². The number of rotatable bonds is 5. The van der Waals surface area contributed by atoms with Crippen LogP contribution in [0.5, 0.6) is 0 Å². The van der Waals surface area contributed by atoms with Gasteiger partial charge in [0.1, 0.15) is 0 Å². The summed E-state index contributed by atoms with van der Waals surface area (Å²) in [7, 11) is 0. The molecule has 2 heterocycles. The molecule has 0 aliphatic carbocycles. The normalized spacial score (nSPS) is 15.2. The molecule has 1 aliphatic rings. The van der Waals surface area contributed by atoms with Crippen LogP contribution in [0.1, 0.15) is 35.8 Å². The molecule has 8 heteroatoms. The molecule has 1 fully saturated rings. The summed E-state index contributed by atoms with van der Waals surface area (Å²) in [5, 5.41) is 7.10. The highest BCUT2D eigenvalue weighted by Gasteiger charge is 2.24. The third-order valence-electron chi connectivity index (χ3n) is 4.51.